The van der Waals surface area contributed by atoms with E-state index >= 15 is 0 Å². The topological polar surface area (TPSA) is 77.4 Å². The van der Waals surface area contributed by atoms with Crippen LogP contribution >= 0.6 is 11.6 Å². The lowest BCUT2D eigenvalue weighted by atomic mass is 10.2. The number of amides is 1. The first-order valence-corrected chi connectivity index (χ1v) is 8.21. The van der Waals surface area contributed by atoms with Crippen molar-refractivity contribution in [3.05, 3.63) is 35.5 Å². The molecule has 0 radical (unpaired) electrons. The van der Waals surface area contributed by atoms with E-state index in [2.05, 4.69) is 4.74 Å². The van der Waals surface area contributed by atoms with Crippen LogP contribution in [0.15, 0.2) is 30.5 Å². The van der Waals surface area contributed by atoms with Crippen LogP contribution in [0.1, 0.15) is 0 Å². The average molecular weight is 331 g/mol. The van der Waals surface area contributed by atoms with Crippen LogP contribution in [0, 0.1) is 0 Å². The Bertz CT molecular complexity index is 755. The molecule has 0 aliphatic carbocycles. The van der Waals surface area contributed by atoms with Gasteiger partial charge in [-0.05, 0) is 23.6 Å². The van der Waals surface area contributed by atoms with E-state index in [0.29, 0.717) is 5.02 Å². The number of carbonyl (C=O) groups excluding carboxylic acids is 1. The molecular weight excluding hydrogens is 316 g/mol. The van der Waals surface area contributed by atoms with Gasteiger partial charge in [0.15, 0.2) is 0 Å². The van der Waals surface area contributed by atoms with Crippen LogP contribution in [0.3, 0.4) is 0 Å². The van der Waals surface area contributed by atoms with Crippen LogP contribution in [0.4, 0.5) is 0 Å². The fourth-order valence-electron chi connectivity index (χ4n) is 1.90. The SMILES string of the molecule is COCCS(=O)(=O)NC(=O)Cn1ccc2ccc(Cl)cc21. The maximum atomic E-state index is 11.8. The summed E-state index contributed by atoms with van der Waals surface area (Å²) >= 11 is 5.92. The van der Waals surface area contributed by atoms with Crippen LogP contribution in [-0.4, -0.2) is 38.4 Å². The third kappa shape index (κ3) is 4.20. The normalized spacial score (nSPS) is 11.7. The smallest absolute Gasteiger partial charge is 0.253 e. The molecule has 0 aliphatic heterocycles. The number of hydrogen-bond donors (Lipinski definition) is 1. The van der Waals surface area contributed by atoms with Gasteiger partial charge in [-0.2, -0.15) is 0 Å². The van der Waals surface area contributed by atoms with E-state index in [0.717, 1.165) is 10.9 Å². The molecule has 21 heavy (non-hydrogen) atoms. The number of ether oxygens (including phenoxy) is 1. The van der Waals surface area contributed by atoms with E-state index < -0.39 is 15.9 Å². The molecule has 0 spiro atoms. The summed E-state index contributed by atoms with van der Waals surface area (Å²) in [7, 11) is -2.28. The highest BCUT2D eigenvalue weighted by Gasteiger charge is 2.15. The van der Waals surface area contributed by atoms with Crippen LogP contribution in [-0.2, 0) is 26.1 Å². The molecule has 0 bridgehead atoms. The Morgan fingerprint density at radius 2 is 2.14 bits per heavy atom. The first-order chi connectivity index (χ1) is 9.91. The van der Waals surface area contributed by atoms with Gasteiger partial charge < -0.3 is 9.30 Å². The van der Waals surface area contributed by atoms with Gasteiger partial charge in [0.05, 0.1) is 12.4 Å². The van der Waals surface area contributed by atoms with Gasteiger partial charge in [-0.15, -0.1) is 0 Å². The highest BCUT2D eigenvalue weighted by atomic mass is 35.5. The number of benzene rings is 1. The highest BCUT2D eigenvalue weighted by Crippen LogP contribution is 2.20. The maximum Gasteiger partial charge on any atom is 0.253 e. The first-order valence-electron chi connectivity index (χ1n) is 6.18. The molecule has 0 aliphatic rings. The van der Waals surface area contributed by atoms with E-state index in [-0.39, 0.29) is 18.9 Å². The van der Waals surface area contributed by atoms with Crippen molar-refractivity contribution in [3.63, 3.8) is 0 Å². The van der Waals surface area contributed by atoms with Gasteiger partial charge in [0.25, 0.3) is 5.91 Å². The third-order valence-corrected chi connectivity index (χ3v) is 4.35. The molecule has 6 nitrogen and oxygen atoms in total. The van der Waals surface area contributed by atoms with Gasteiger partial charge in [-0.1, -0.05) is 17.7 Å². The Kier molecular flexibility index (Phi) is 4.87. The Balaban J connectivity index is 2.10. The van der Waals surface area contributed by atoms with Crippen molar-refractivity contribution in [2.24, 2.45) is 0 Å². The molecule has 1 aromatic carbocycles. The van der Waals surface area contributed by atoms with Gasteiger partial charge in [-0.25, -0.2) is 8.42 Å². The number of methoxy groups -OCH3 is 1. The summed E-state index contributed by atoms with van der Waals surface area (Å²) < 4.78 is 31.5. The minimum atomic E-state index is -3.67. The zero-order valence-corrected chi connectivity index (χ0v) is 12.9. The van der Waals surface area contributed by atoms with Gasteiger partial charge >= 0.3 is 0 Å². The molecule has 1 amide bonds. The molecule has 0 unspecified atom stereocenters. The second-order valence-electron chi connectivity index (χ2n) is 4.48. The van der Waals surface area contributed by atoms with Crippen molar-refractivity contribution in [3.8, 4) is 0 Å². The number of hydrogen-bond acceptors (Lipinski definition) is 4. The molecule has 0 atom stereocenters. The predicted octanol–water partition coefficient (Wildman–Crippen LogP) is 1.39. The Hall–Kier alpha value is -1.57. The lowest BCUT2D eigenvalue weighted by molar-refractivity contribution is -0.119. The first kappa shape index (κ1) is 15.8. The molecule has 0 saturated carbocycles. The molecule has 1 N–H and O–H groups in total. The Morgan fingerprint density at radius 3 is 2.86 bits per heavy atom. The van der Waals surface area contributed by atoms with Crippen LogP contribution in [0.2, 0.25) is 5.02 Å². The molecule has 8 heteroatoms. The minimum absolute atomic E-state index is 0.0324. The number of aromatic nitrogens is 1. The zero-order valence-electron chi connectivity index (χ0n) is 11.4. The summed E-state index contributed by atoms with van der Waals surface area (Å²) in [6, 6.07) is 7.15. The van der Waals surface area contributed by atoms with Crippen molar-refractivity contribution in [1.29, 1.82) is 0 Å². The molecule has 1 heterocycles. The van der Waals surface area contributed by atoms with Gasteiger partial charge in [0.1, 0.15) is 6.54 Å². The lowest BCUT2D eigenvalue weighted by Crippen LogP contribution is -2.35. The third-order valence-electron chi connectivity index (χ3n) is 2.88. The zero-order chi connectivity index (χ0) is 15.5. The number of halogens is 1. The predicted molar refractivity (Wildman–Crippen MR) is 80.8 cm³/mol. The highest BCUT2D eigenvalue weighted by molar-refractivity contribution is 7.90. The largest absolute Gasteiger partial charge is 0.384 e. The number of nitrogens with one attached hydrogen (secondary N) is 1. The second-order valence-corrected chi connectivity index (χ2v) is 6.76. The summed E-state index contributed by atoms with van der Waals surface area (Å²) in [6.45, 7) is -0.0687. The van der Waals surface area contributed by atoms with E-state index in [1.807, 2.05) is 16.9 Å². The quantitative estimate of drug-likeness (QED) is 0.868. The molecule has 114 valence electrons. The minimum Gasteiger partial charge on any atom is -0.384 e. The van der Waals surface area contributed by atoms with Gasteiger partial charge in [0, 0.05) is 23.8 Å². The van der Waals surface area contributed by atoms with Crippen molar-refractivity contribution in [2.45, 2.75) is 6.54 Å². The van der Waals surface area contributed by atoms with E-state index in [1.165, 1.54) is 7.11 Å². The van der Waals surface area contributed by atoms with Crippen molar-refractivity contribution in [1.82, 2.24) is 9.29 Å². The maximum absolute atomic E-state index is 11.8. The fraction of sp³-hybridized carbons (Fsp3) is 0.308. The van der Waals surface area contributed by atoms with Crippen molar-refractivity contribution >= 4 is 38.4 Å². The summed E-state index contributed by atoms with van der Waals surface area (Å²) in [5, 5.41) is 1.48. The molecule has 0 saturated heterocycles. The number of sulfonamides is 1. The number of rotatable bonds is 6. The molecule has 1 aromatic heterocycles. The van der Waals surface area contributed by atoms with Crippen molar-refractivity contribution in [2.75, 3.05) is 19.5 Å². The second kappa shape index (κ2) is 6.46. The molecule has 0 fully saturated rings. The monoisotopic (exact) mass is 330 g/mol. The van der Waals surface area contributed by atoms with Gasteiger partial charge in [0.2, 0.25) is 10.0 Å². The number of fused-ring (bicyclic) bond motifs is 1. The Morgan fingerprint density at radius 1 is 1.38 bits per heavy atom. The van der Waals surface area contributed by atoms with E-state index in [4.69, 9.17) is 11.6 Å². The van der Waals surface area contributed by atoms with E-state index in [1.54, 1.807) is 22.9 Å². The summed E-state index contributed by atoms with van der Waals surface area (Å²) in [5.41, 5.74) is 0.770. The lowest BCUT2D eigenvalue weighted by Gasteiger charge is -2.08. The van der Waals surface area contributed by atoms with Crippen LogP contribution in [0.25, 0.3) is 10.9 Å². The van der Waals surface area contributed by atoms with Gasteiger partial charge in [-0.3, -0.25) is 9.52 Å². The molecule has 2 rings (SSSR count). The Labute approximate surface area is 127 Å². The molecular formula is C13H15ClN2O4S. The molecule has 2 aromatic rings. The average Bonchev–Trinajstić information content (AvgIpc) is 2.78. The summed E-state index contributed by atoms with van der Waals surface area (Å²) in [6.07, 6.45) is 1.71. The number of nitrogens with zero attached hydrogens (tertiary/aromatic N) is 1. The van der Waals surface area contributed by atoms with E-state index in [9.17, 15) is 13.2 Å². The standard InChI is InChI=1S/C13H15ClN2O4S/c1-20-6-7-21(18,19)15-13(17)9-16-5-4-10-2-3-11(14)8-12(10)16/h2-5,8H,6-7,9H2,1H3,(H,15,17). The summed E-state index contributed by atoms with van der Waals surface area (Å²) in [4.78, 5) is 11.8. The van der Waals surface area contributed by atoms with Crippen LogP contribution < -0.4 is 4.72 Å². The van der Waals surface area contributed by atoms with Crippen LogP contribution in [0.5, 0.6) is 0 Å². The number of carbonyl (C=O) groups is 1. The summed E-state index contributed by atoms with van der Waals surface area (Å²) in [5.74, 6) is -0.864. The fourth-order valence-corrected chi connectivity index (χ4v) is 2.97. The van der Waals surface area contributed by atoms with Crippen molar-refractivity contribution < 1.29 is 17.9 Å².